The predicted octanol–water partition coefficient (Wildman–Crippen LogP) is 4.93. The predicted molar refractivity (Wildman–Crippen MR) is 131 cm³/mol. The van der Waals surface area contributed by atoms with E-state index in [1.165, 1.54) is 37.3 Å². The molecule has 1 aromatic heterocycles. The Morgan fingerprint density at radius 3 is 2.91 bits per heavy atom. The van der Waals surface area contributed by atoms with Gasteiger partial charge in [0.25, 0.3) is 0 Å². The van der Waals surface area contributed by atoms with E-state index in [4.69, 9.17) is 4.74 Å². The molecule has 0 amide bonds. The van der Waals surface area contributed by atoms with E-state index >= 15 is 0 Å². The normalized spacial score (nSPS) is 17.3. The van der Waals surface area contributed by atoms with Gasteiger partial charge in [-0.25, -0.2) is 13.6 Å². The molecule has 1 aliphatic carbocycles. The van der Waals surface area contributed by atoms with Gasteiger partial charge in [-0.3, -0.25) is 0 Å². The molecule has 33 heavy (non-hydrogen) atoms. The van der Waals surface area contributed by atoms with E-state index < -0.39 is 16.6 Å². The third-order valence-corrected chi connectivity index (χ3v) is 8.15. The topological polar surface area (TPSA) is 59.4 Å². The van der Waals surface area contributed by atoms with Crippen molar-refractivity contribution in [1.82, 2.24) is 9.55 Å². The van der Waals surface area contributed by atoms with Crippen LogP contribution in [0.3, 0.4) is 0 Å². The summed E-state index contributed by atoms with van der Waals surface area (Å²) in [4.78, 5) is 6.90. The Morgan fingerprint density at radius 2 is 2.18 bits per heavy atom. The van der Waals surface area contributed by atoms with Crippen molar-refractivity contribution in [3.05, 3.63) is 41.7 Å². The maximum atomic E-state index is 14.3. The average Bonchev–Trinajstić information content (AvgIpc) is 3.62. The number of nitrogens with zero attached hydrogens (tertiary/aromatic N) is 3. The van der Waals surface area contributed by atoms with Crippen LogP contribution < -0.4 is 15.0 Å². The highest BCUT2D eigenvalue weighted by atomic mass is 32.2. The Morgan fingerprint density at radius 1 is 1.36 bits per heavy atom. The van der Waals surface area contributed by atoms with Crippen LogP contribution in [0.15, 0.2) is 35.5 Å². The van der Waals surface area contributed by atoms with Gasteiger partial charge in [0, 0.05) is 31.3 Å². The van der Waals surface area contributed by atoms with E-state index in [9.17, 15) is 8.60 Å². The van der Waals surface area contributed by atoms with Gasteiger partial charge in [0.1, 0.15) is 16.7 Å². The lowest BCUT2D eigenvalue weighted by Gasteiger charge is -2.34. The molecule has 1 saturated carbocycles. The number of aryl methyl sites for hydroxylation is 2. The van der Waals surface area contributed by atoms with Gasteiger partial charge < -0.3 is 19.5 Å². The highest BCUT2D eigenvalue weighted by molar-refractivity contribution is 7.85. The third kappa shape index (κ3) is 4.09. The number of halogens is 1. The molecule has 2 aromatic carbocycles. The van der Waals surface area contributed by atoms with Crippen molar-refractivity contribution >= 4 is 33.2 Å². The van der Waals surface area contributed by atoms with Gasteiger partial charge >= 0.3 is 0 Å². The number of hydrogen-bond donors (Lipinski definition) is 1. The quantitative estimate of drug-likeness (QED) is 0.506. The fourth-order valence-electron chi connectivity index (χ4n) is 4.89. The van der Waals surface area contributed by atoms with Gasteiger partial charge in [0.2, 0.25) is 5.16 Å². The number of benzene rings is 2. The first-order valence-electron chi connectivity index (χ1n) is 11.8. The van der Waals surface area contributed by atoms with Crippen molar-refractivity contribution < 1.29 is 13.3 Å². The van der Waals surface area contributed by atoms with Gasteiger partial charge in [0.15, 0.2) is 11.6 Å². The van der Waals surface area contributed by atoms with E-state index in [1.807, 2.05) is 11.5 Å². The van der Waals surface area contributed by atoms with E-state index in [2.05, 4.69) is 40.3 Å². The van der Waals surface area contributed by atoms with E-state index in [0.29, 0.717) is 29.0 Å². The van der Waals surface area contributed by atoms with E-state index in [-0.39, 0.29) is 11.8 Å². The molecule has 8 heteroatoms. The molecule has 6 nitrogen and oxygen atoms in total. The number of nitrogens with one attached hydrogen (secondary N) is 1. The zero-order valence-corrected chi connectivity index (χ0v) is 20.3. The molecule has 0 saturated heterocycles. The molecule has 2 heterocycles. The second-order valence-electron chi connectivity index (χ2n) is 8.98. The van der Waals surface area contributed by atoms with Crippen molar-refractivity contribution in [3.8, 4) is 5.75 Å². The number of fused-ring (bicyclic) bond motifs is 2. The molecule has 0 bridgehead atoms. The second kappa shape index (κ2) is 8.97. The minimum Gasteiger partial charge on any atom is -0.494 e. The number of imidazole rings is 1. The molecular weight excluding hydrogens is 439 g/mol. The number of methoxy groups -OCH3 is 1. The highest BCUT2D eigenvalue weighted by Crippen LogP contribution is 2.41. The fraction of sp³-hybridized carbons (Fsp3) is 0.480. The van der Waals surface area contributed by atoms with Crippen LogP contribution in [-0.2, 0) is 23.8 Å². The van der Waals surface area contributed by atoms with Gasteiger partial charge in [-0.05, 0) is 57.1 Å². The molecule has 3 aromatic rings. The van der Waals surface area contributed by atoms with Crippen LogP contribution in [0.2, 0.25) is 0 Å². The van der Waals surface area contributed by atoms with Crippen LogP contribution in [0.1, 0.15) is 38.7 Å². The van der Waals surface area contributed by atoms with Crippen LogP contribution in [0.25, 0.3) is 11.0 Å². The number of aromatic nitrogens is 2. The molecule has 2 atom stereocenters. The largest absolute Gasteiger partial charge is 0.494 e. The summed E-state index contributed by atoms with van der Waals surface area (Å²) in [5.41, 5.74) is 4.84. The summed E-state index contributed by atoms with van der Waals surface area (Å²) in [6.45, 7) is 5.77. The molecule has 0 spiro atoms. The maximum absolute atomic E-state index is 14.3. The lowest BCUT2D eigenvalue weighted by atomic mass is 10.0. The van der Waals surface area contributed by atoms with E-state index in [0.717, 1.165) is 30.6 Å². The smallest absolute Gasteiger partial charge is 0.201 e. The summed E-state index contributed by atoms with van der Waals surface area (Å²) in [7, 11) is 0.0495. The van der Waals surface area contributed by atoms with Crippen LogP contribution in [0, 0.1) is 11.7 Å². The van der Waals surface area contributed by atoms with E-state index in [1.54, 1.807) is 6.07 Å². The lowest BCUT2D eigenvalue weighted by Crippen LogP contribution is -2.38. The van der Waals surface area contributed by atoms with Gasteiger partial charge in [0.05, 0.1) is 29.5 Å². The second-order valence-corrected chi connectivity index (χ2v) is 10.3. The summed E-state index contributed by atoms with van der Waals surface area (Å²) in [6, 6.07) is 9.71. The van der Waals surface area contributed by atoms with Gasteiger partial charge in [-0.2, -0.15) is 0 Å². The number of ether oxygens (including phenoxy) is 1. The Hall–Kier alpha value is -2.61. The third-order valence-electron chi connectivity index (χ3n) is 6.92. The van der Waals surface area contributed by atoms with Crippen molar-refractivity contribution in [2.45, 2.75) is 57.3 Å². The summed E-state index contributed by atoms with van der Waals surface area (Å²) >= 11 is 0. The first-order valence-corrected chi connectivity index (χ1v) is 13.1. The number of hydrogen-bond acceptors (Lipinski definition) is 5. The molecule has 2 aliphatic rings. The average molecular weight is 471 g/mol. The molecular formula is C25H31FN4O2S. The summed E-state index contributed by atoms with van der Waals surface area (Å²) < 4.78 is 35.1. The first kappa shape index (κ1) is 22.2. The van der Waals surface area contributed by atoms with Crippen molar-refractivity contribution in [3.63, 3.8) is 0 Å². The highest BCUT2D eigenvalue weighted by Gasteiger charge is 2.35. The standard InChI is InChI=1S/C25H31FN4O2S/c1-4-29-22-14-23(32-3)19(26)13-20(22)28-25(29)33(31)15-30(16(2)17-10-11-17)21-9-5-7-18-8-6-12-27-24(18)21/h5,7,9,13-14,16-17,27H,4,6,8,10-12,15H2,1-3H3. The molecule has 2 unspecified atom stereocenters. The first-order chi connectivity index (χ1) is 16.0. The lowest BCUT2D eigenvalue weighted by molar-refractivity contribution is 0.387. The Labute approximate surface area is 196 Å². The van der Waals surface area contributed by atoms with Crippen molar-refractivity contribution in [1.29, 1.82) is 0 Å². The molecule has 5 rings (SSSR count). The maximum Gasteiger partial charge on any atom is 0.201 e. The Bertz CT molecular complexity index is 1210. The molecule has 0 radical (unpaired) electrons. The van der Waals surface area contributed by atoms with Crippen LogP contribution in [0.4, 0.5) is 15.8 Å². The summed E-state index contributed by atoms with van der Waals surface area (Å²) in [5.74, 6) is 0.665. The molecule has 1 fully saturated rings. The van der Waals surface area contributed by atoms with Crippen molar-refractivity contribution in [2.24, 2.45) is 5.92 Å². The minimum absolute atomic E-state index is 0.167. The molecule has 1 N–H and O–H groups in total. The van der Waals surface area contributed by atoms with Gasteiger partial charge in [-0.1, -0.05) is 12.1 Å². The molecule has 176 valence electrons. The monoisotopic (exact) mass is 470 g/mol. The van der Waals surface area contributed by atoms with Gasteiger partial charge in [-0.15, -0.1) is 0 Å². The van der Waals surface area contributed by atoms with Crippen LogP contribution in [0.5, 0.6) is 5.75 Å². The molecule has 1 aliphatic heterocycles. The van der Waals surface area contributed by atoms with Crippen LogP contribution in [-0.4, -0.2) is 39.3 Å². The van der Waals surface area contributed by atoms with Crippen molar-refractivity contribution in [2.75, 3.05) is 29.7 Å². The number of para-hydroxylation sites is 1. The SMILES string of the molecule is CCn1c(S(=O)CN(c2cccc3c2NCCC3)C(C)C2CC2)nc2cc(F)c(OC)cc21. The minimum atomic E-state index is -1.40. The Kier molecular flexibility index (Phi) is 6.03. The Balaban J connectivity index is 1.53. The van der Waals surface area contributed by atoms with Crippen LogP contribution >= 0.6 is 0 Å². The zero-order valence-electron chi connectivity index (χ0n) is 19.4. The number of anilines is 2. The summed E-state index contributed by atoms with van der Waals surface area (Å²) in [5, 5.41) is 4.06. The zero-order chi connectivity index (χ0) is 23.1. The number of rotatable bonds is 8. The summed E-state index contributed by atoms with van der Waals surface area (Å²) in [6.07, 6.45) is 4.60. The fourth-order valence-corrected chi connectivity index (χ4v) is 6.31.